The van der Waals surface area contributed by atoms with E-state index in [-0.39, 0.29) is 81.5 Å². The summed E-state index contributed by atoms with van der Waals surface area (Å²) in [5, 5.41) is 10.7. The fraction of sp³-hybridized carbons (Fsp3) is 0.592. The Balaban J connectivity index is 1.06. The van der Waals surface area contributed by atoms with Crippen molar-refractivity contribution >= 4 is 31.7 Å². The van der Waals surface area contributed by atoms with Crippen LogP contribution < -0.4 is 25.8 Å². The van der Waals surface area contributed by atoms with Crippen molar-refractivity contribution in [1.29, 1.82) is 0 Å². The summed E-state index contributed by atoms with van der Waals surface area (Å²) in [6.07, 6.45) is 0.349. The summed E-state index contributed by atoms with van der Waals surface area (Å²) < 4.78 is 120. The Labute approximate surface area is 410 Å². The van der Waals surface area contributed by atoms with Gasteiger partial charge in [0, 0.05) is 34.9 Å². The summed E-state index contributed by atoms with van der Waals surface area (Å²) in [5.41, 5.74) is 6.44. The van der Waals surface area contributed by atoms with E-state index in [1.54, 1.807) is 24.3 Å². The van der Waals surface area contributed by atoms with E-state index in [1.807, 2.05) is 47.6 Å². The minimum atomic E-state index is -5.07. The smallest absolute Gasteiger partial charge is 0.336 e. The molecule has 0 spiro atoms. The van der Waals surface area contributed by atoms with Gasteiger partial charge >= 0.3 is 5.97 Å². The Kier molecular flexibility index (Phi) is 19.5. The maximum Gasteiger partial charge on any atom is 0.336 e. The van der Waals surface area contributed by atoms with Gasteiger partial charge in [-0.15, -0.1) is 0 Å². The first-order valence-corrected chi connectivity index (χ1v) is 26.6. The van der Waals surface area contributed by atoms with Gasteiger partial charge in [-0.25, -0.2) is 17.9 Å². The number of carbonyl (C=O) groups is 1. The fourth-order valence-electron chi connectivity index (χ4n) is 8.68. The molecule has 0 fully saturated rings. The number of benzene rings is 3. The molecule has 21 heteroatoms. The predicted octanol–water partition coefficient (Wildman–Crippen LogP) is 3.12. The summed E-state index contributed by atoms with van der Waals surface area (Å²) in [6, 6.07) is 9.39. The maximum absolute atomic E-state index is 14.7. The zero-order valence-electron chi connectivity index (χ0n) is 41.0. The van der Waals surface area contributed by atoms with Gasteiger partial charge in [0.1, 0.15) is 4.90 Å². The van der Waals surface area contributed by atoms with E-state index in [4.69, 9.17) is 48.4 Å². The molecule has 2 heterocycles. The Morgan fingerprint density at radius 2 is 1.20 bits per heavy atom. The van der Waals surface area contributed by atoms with E-state index >= 15 is 0 Å². The molecule has 2 unspecified atom stereocenters. The van der Waals surface area contributed by atoms with Gasteiger partial charge in [0.05, 0.1) is 123 Å². The third kappa shape index (κ3) is 13.0. The lowest BCUT2D eigenvalue weighted by Gasteiger charge is -2.30. The van der Waals surface area contributed by atoms with Crippen LogP contribution in [-0.4, -0.2) is 157 Å². The van der Waals surface area contributed by atoms with E-state index in [0.717, 1.165) is 5.56 Å². The van der Waals surface area contributed by atoms with Crippen molar-refractivity contribution in [3.05, 3.63) is 80.4 Å². The number of hydrogen-bond donors (Lipinski definition) is 4. The second-order valence-corrected chi connectivity index (χ2v) is 21.4. The fourth-order valence-corrected chi connectivity index (χ4v) is 10.9. The monoisotopic (exact) mass is 1020 g/mol. The standard InChI is InChI=1S/C49H69N3O16S2/c1-32-29-36-39(48(32,3)4)30-37-41(34-9-7-8-10-35(34)47(53)54)38-31-40-42(52-33(2)49(40,5)6)46(70(57,58)59)44(38)68-43(37)45(36)69(55,56)51-12-14-61-16-18-63-20-22-65-24-26-67-28-27-66-25-23-64-21-19-62-17-15-60-13-11-50/h7-10,30-33,51H,11-29,50H2,1-6H3,(H,53,54)(H,57,58,59). The first kappa shape index (κ1) is 55.4. The van der Waals surface area contributed by atoms with Crippen LogP contribution in [-0.2, 0) is 75.3 Å². The van der Waals surface area contributed by atoms with Gasteiger partial charge in [0.25, 0.3) is 10.1 Å². The quantitative estimate of drug-likeness (QED) is 0.0417. The average molecular weight is 1020 g/mol. The molecule has 0 amide bonds. The normalized spacial score (nSPS) is 17.7. The van der Waals surface area contributed by atoms with Crippen LogP contribution in [0.15, 0.2) is 51.2 Å². The summed E-state index contributed by atoms with van der Waals surface area (Å²) in [5.74, 6) is -1.82. The molecule has 0 bridgehead atoms. The van der Waals surface area contributed by atoms with Crippen LogP contribution in [0.1, 0.15) is 79.7 Å². The second kappa shape index (κ2) is 24.7. The summed E-state index contributed by atoms with van der Waals surface area (Å²) in [7, 11) is -9.52. The van der Waals surface area contributed by atoms with Crippen molar-refractivity contribution in [3.63, 3.8) is 0 Å². The number of nitrogens with one attached hydrogen (secondary N) is 1. The van der Waals surface area contributed by atoms with Crippen molar-refractivity contribution in [3.8, 4) is 11.5 Å². The molecule has 0 saturated heterocycles. The molecule has 3 aliphatic rings. The molecule has 2 atom stereocenters. The minimum Gasteiger partial charge on any atom is -0.478 e. The summed E-state index contributed by atoms with van der Waals surface area (Å²) >= 11 is 0. The van der Waals surface area contributed by atoms with Crippen LogP contribution >= 0.6 is 0 Å². The van der Waals surface area contributed by atoms with Crippen LogP contribution in [0.4, 0.5) is 0 Å². The Hall–Kier alpha value is -3.94. The number of sulfonamides is 1. The van der Waals surface area contributed by atoms with Gasteiger partial charge in [-0.05, 0) is 65.1 Å². The molecule has 388 valence electrons. The van der Waals surface area contributed by atoms with Crippen molar-refractivity contribution < 1.29 is 73.9 Å². The molecule has 0 saturated carbocycles. The Morgan fingerprint density at radius 1 is 0.700 bits per heavy atom. The van der Waals surface area contributed by atoms with Crippen molar-refractivity contribution in [2.45, 2.75) is 74.6 Å². The average Bonchev–Trinajstić information content (AvgIpc) is 3.67. The second-order valence-electron chi connectivity index (χ2n) is 18.3. The largest absolute Gasteiger partial charge is 0.478 e. The number of fused-ring (bicyclic) bond motifs is 4. The lowest BCUT2D eigenvalue weighted by Crippen LogP contribution is -2.34. The third-order valence-electron chi connectivity index (χ3n) is 13.1. The number of aromatic carboxylic acids is 1. The predicted molar refractivity (Wildman–Crippen MR) is 258 cm³/mol. The highest BCUT2D eigenvalue weighted by molar-refractivity contribution is 7.89. The first-order valence-electron chi connectivity index (χ1n) is 23.6. The van der Waals surface area contributed by atoms with Gasteiger partial charge in [0.2, 0.25) is 10.0 Å². The Bertz CT molecular complexity index is 2660. The Morgan fingerprint density at radius 3 is 1.70 bits per heavy atom. The van der Waals surface area contributed by atoms with Gasteiger partial charge in [0.15, 0.2) is 16.4 Å². The zero-order valence-corrected chi connectivity index (χ0v) is 42.6. The van der Waals surface area contributed by atoms with Crippen LogP contribution in [0.2, 0.25) is 0 Å². The number of nitrogens with zero attached hydrogens (tertiary/aromatic N) is 1. The SMILES string of the molecule is CC1Cc2c(cc3c(c2S(=O)(=O)NCCOCCOCCOCCOCCOCCOCCOCCOCCN)Oc2c(S(=O)(=O)O)c4c(cc2=C3c2ccccc2C(=O)O)C(C)(C)C(C)N=4)C1(C)C. The topological polar surface area (TPSA) is 259 Å². The molecule has 2 aliphatic heterocycles. The van der Waals surface area contributed by atoms with Crippen molar-refractivity contribution in [1.82, 2.24) is 4.72 Å². The van der Waals surface area contributed by atoms with E-state index in [9.17, 15) is 31.3 Å². The van der Waals surface area contributed by atoms with Gasteiger partial charge in [-0.1, -0.05) is 52.8 Å². The molecule has 0 radical (unpaired) electrons. The van der Waals surface area contributed by atoms with Crippen LogP contribution in [0.25, 0.3) is 5.57 Å². The number of nitrogens with two attached hydrogens (primary N) is 1. The molecule has 3 aromatic carbocycles. The molecule has 1 aliphatic carbocycles. The van der Waals surface area contributed by atoms with E-state index in [1.165, 1.54) is 6.07 Å². The highest BCUT2D eigenvalue weighted by atomic mass is 32.2. The van der Waals surface area contributed by atoms with E-state index in [0.29, 0.717) is 110 Å². The molecule has 70 heavy (non-hydrogen) atoms. The van der Waals surface area contributed by atoms with Crippen molar-refractivity contribution in [2.75, 3.05) is 119 Å². The number of rotatable bonds is 31. The molecule has 0 aromatic heterocycles. The number of ether oxygens (including phenoxy) is 9. The number of carboxylic acids is 1. The third-order valence-corrected chi connectivity index (χ3v) is 15.6. The number of hydrogen-bond acceptors (Lipinski definition) is 16. The lowest BCUT2D eigenvalue weighted by molar-refractivity contribution is -0.0228. The summed E-state index contributed by atoms with van der Waals surface area (Å²) in [4.78, 5) is 16.7. The van der Waals surface area contributed by atoms with Crippen LogP contribution in [0, 0.1) is 5.92 Å². The van der Waals surface area contributed by atoms with Crippen molar-refractivity contribution in [2.24, 2.45) is 16.6 Å². The molecule has 19 nitrogen and oxygen atoms in total. The zero-order chi connectivity index (χ0) is 50.7. The molecule has 6 rings (SSSR count). The van der Waals surface area contributed by atoms with Crippen LogP contribution in [0.3, 0.4) is 0 Å². The molecule has 3 aromatic rings. The highest BCUT2D eigenvalue weighted by Crippen LogP contribution is 2.52. The minimum absolute atomic E-state index is 0.00151. The van der Waals surface area contributed by atoms with E-state index < -0.39 is 47.9 Å². The summed E-state index contributed by atoms with van der Waals surface area (Å²) in [6.45, 7) is 18.2. The highest BCUT2D eigenvalue weighted by Gasteiger charge is 2.46. The molecular weight excluding hydrogens is 951 g/mol. The van der Waals surface area contributed by atoms with Crippen LogP contribution in [0.5, 0.6) is 11.5 Å². The molecule has 5 N–H and O–H groups in total. The van der Waals surface area contributed by atoms with Gasteiger partial charge in [-0.2, -0.15) is 8.42 Å². The van der Waals surface area contributed by atoms with Gasteiger partial charge < -0.3 is 53.5 Å². The van der Waals surface area contributed by atoms with E-state index in [2.05, 4.69) is 9.71 Å². The van der Waals surface area contributed by atoms with Gasteiger partial charge in [-0.3, -0.25) is 9.55 Å². The lowest BCUT2D eigenvalue weighted by atomic mass is 9.77. The first-order chi connectivity index (χ1) is 33.3. The maximum atomic E-state index is 14.7. The molecular formula is C49H69N3O16S2. The number of carboxylic acid groups (broad SMARTS) is 1.